The third kappa shape index (κ3) is 2.48. The Balaban J connectivity index is 2.13. The molecule has 59 valence electrons. The first-order valence-electron chi connectivity index (χ1n) is 3.76. The minimum Gasteiger partial charge on any atom is -0.616 e. The topological polar surface area (TPSA) is 43.0 Å². The second kappa shape index (κ2) is 4.21. The van der Waals surface area contributed by atoms with Gasteiger partial charge in [0.2, 0.25) is 0 Å². The highest BCUT2D eigenvalue weighted by atomic mass is 32.2. The first-order chi connectivity index (χ1) is 4.83. The molecule has 1 fully saturated rings. The van der Waals surface area contributed by atoms with Gasteiger partial charge in [0.25, 0.3) is 0 Å². The van der Waals surface area contributed by atoms with Crippen molar-refractivity contribution >= 4 is 11.2 Å². The standard InChI is InChI=1S/C7H13O2S/c8-4-1-7-2-5-10(9)6-3-7/h7H,1-6H2. The summed E-state index contributed by atoms with van der Waals surface area (Å²) in [6.07, 6.45) is 2.81. The Kier molecular flexibility index (Phi) is 3.52. The molecule has 0 spiro atoms. The largest absolute Gasteiger partial charge is 0.616 e. The highest BCUT2D eigenvalue weighted by Gasteiger charge is 2.20. The summed E-state index contributed by atoms with van der Waals surface area (Å²) in [7, 11) is 0. The number of hydrogen-bond acceptors (Lipinski definition) is 1. The van der Waals surface area contributed by atoms with E-state index in [4.69, 9.17) is 0 Å². The van der Waals surface area contributed by atoms with Crippen molar-refractivity contribution in [2.45, 2.75) is 19.3 Å². The minimum absolute atomic E-state index is 0.0390. The van der Waals surface area contributed by atoms with Gasteiger partial charge in [0, 0.05) is 0 Å². The van der Waals surface area contributed by atoms with Crippen LogP contribution in [0.2, 0.25) is 0 Å². The quantitative estimate of drug-likeness (QED) is 0.556. The molecule has 0 aromatic carbocycles. The van der Waals surface area contributed by atoms with Gasteiger partial charge >= 0.3 is 0 Å². The second-order valence-corrected chi connectivity index (χ2v) is 4.48. The van der Waals surface area contributed by atoms with E-state index in [9.17, 15) is 9.66 Å². The number of rotatable bonds is 2. The average molecular weight is 161 g/mol. The van der Waals surface area contributed by atoms with Crippen LogP contribution >= 0.6 is 0 Å². The molecule has 3 heteroatoms. The Hall–Kier alpha value is 0.270. The third-order valence-electron chi connectivity index (χ3n) is 2.03. The summed E-state index contributed by atoms with van der Waals surface area (Å²) < 4.78 is 10.8. The summed E-state index contributed by atoms with van der Waals surface area (Å²) >= 11 is -0.567. The minimum atomic E-state index is -0.567. The van der Waals surface area contributed by atoms with Crippen LogP contribution in [-0.2, 0) is 16.3 Å². The van der Waals surface area contributed by atoms with Crippen LogP contribution in [-0.4, -0.2) is 22.7 Å². The van der Waals surface area contributed by atoms with Gasteiger partial charge in [0.1, 0.15) is 11.5 Å². The molecule has 1 rings (SSSR count). The van der Waals surface area contributed by atoms with E-state index in [1.807, 2.05) is 0 Å². The van der Waals surface area contributed by atoms with Crippen LogP contribution in [0.25, 0.3) is 0 Å². The fourth-order valence-electron chi connectivity index (χ4n) is 1.30. The van der Waals surface area contributed by atoms with Crippen LogP contribution in [0.5, 0.6) is 0 Å². The maximum absolute atomic E-state index is 10.8. The summed E-state index contributed by atoms with van der Waals surface area (Å²) in [4.78, 5) is 0. The van der Waals surface area contributed by atoms with Gasteiger partial charge < -0.3 is 4.55 Å². The van der Waals surface area contributed by atoms with Gasteiger partial charge in [-0.3, -0.25) is 0 Å². The fourth-order valence-corrected chi connectivity index (χ4v) is 2.69. The smallest absolute Gasteiger partial charge is 0.105 e. The SMILES string of the molecule is [O]CCC1CC[S+]([O-])CC1. The molecule has 0 amide bonds. The van der Waals surface area contributed by atoms with E-state index in [2.05, 4.69) is 0 Å². The van der Waals surface area contributed by atoms with Crippen molar-refractivity contribution in [2.75, 3.05) is 18.1 Å². The average Bonchev–Trinajstić information content (AvgIpc) is 1.95. The fraction of sp³-hybridized carbons (Fsp3) is 1.00. The van der Waals surface area contributed by atoms with Crippen molar-refractivity contribution in [3.63, 3.8) is 0 Å². The van der Waals surface area contributed by atoms with E-state index in [1.54, 1.807) is 0 Å². The normalized spacial score (nSPS) is 34.2. The first kappa shape index (κ1) is 8.37. The molecular weight excluding hydrogens is 148 g/mol. The summed E-state index contributed by atoms with van der Waals surface area (Å²) in [5, 5.41) is 10.2. The van der Waals surface area contributed by atoms with Crippen molar-refractivity contribution in [3.8, 4) is 0 Å². The number of hydrogen-bond donors (Lipinski definition) is 0. The molecule has 1 aliphatic heterocycles. The molecule has 0 N–H and O–H groups in total. The Morgan fingerprint density at radius 1 is 1.40 bits per heavy atom. The maximum atomic E-state index is 10.8. The summed E-state index contributed by atoms with van der Waals surface area (Å²) in [5.41, 5.74) is 0. The lowest BCUT2D eigenvalue weighted by Crippen LogP contribution is -2.23. The molecule has 2 nitrogen and oxygen atoms in total. The van der Waals surface area contributed by atoms with Gasteiger partial charge in [0.05, 0.1) is 6.61 Å². The molecule has 1 radical (unpaired) electrons. The van der Waals surface area contributed by atoms with E-state index in [0.29, 0.717) is 5.92 Å². The lowest BCUT2D eigenvalue weighted by atomic mass is 10.00. The van der Waals surface area contributed by atoms with Gasteiger partial charge in [0.15, 0.2) is 0 Å². The molecule has 0 atom stereocenters. The third-order valence-corrected chi connectivity index (χ3v) is 3.42. The van der Waals surface area contributed by atoms with Gasteiger partial charge in [-0.2, -0.15) is 0 Å². The van der Waals surface area contributed by atoms with Crippen molar-refractivity contribution in [3.05, 3.63) is 0 Å². The highest BCUT2D eigenvalue weighted by molar-refractivity contribution is 7.91. The zero-order valence-corrected chi connectivity index (χ0v) is 6.86. The molecule has 1 aliphatic rings. The zero-order valence-electron chi connectivity index (χ0n) is 6.04. The molecular formula is C7H13O2S. The first-order valence-corrected chi connectivity index (χ1v) is 5.25. The molecule has 0 bridgehead atoms. The Morgan fingerprint density at radius 3 is 2.50 bits per heavy atom. The predicted octanol–water partition coefficient (Wildman–Crippen LogP) is 0.966. The van der Waals surface area contributed by atoms with Crippen molar-refractivity contribution in [1.82, 2.24) is 0 Å². The molecule has 1 saturated heterocycles. The molecule has 0 aliphatic carbocycles. The molecule has 0 saturated carbocycles. The Labute approximate surface area is 64.8 Å². The van der Waals surface area contributed by atoms with Crippen LogP contribution in [0, 0.1) is 5.92 Å². The van der Waals surface area contributed by atoms with E-state index in [0.717, 1.165) is 30.8 Å². The van der Waals surface area contributed by atoms with Crippen molar-refractivity contribution in [1.29, 1.82) is 0 Å². The van der Waals surface area contributed by atoms with Crippen LogP contribution < -0.4 is 0 Å². The molecule has 0 aromatic rings. The van der Waals surface area contributed by atoms with E-state index >= 15 is 0 Å². The van der Waals surface area contributed by atoms with Gasteiger partial charge in [-0.05, 0) is 25.2 Å². The van der Waals surface area contributed by atoms with Crippen LogP contribution in [0.15, 0.2) is 0 Å². The van der Waals surface area contributed by atoms with E-state index in [-0.39, 0.29) is 6.61 Å². The monoisotopic (exact) mass is 161 g/mol. The van der Waals surface area contributed by atoms with Gasteiger partial charge in [-0.15, -0.1) is 0 Å². The summed E-state index contributed by atoms with van der Waals surface area (Å²) in [5.74, 6) is 2.23. The van der Waals surface area contributed by atoms with Gasteiger partial charge in [-0.1, -0.05) is 11.2 Å². The maximum Gasteiger partial charge on any atom is 0.105 e. The Morgan fingerprint density at radius 2 is 2.00 bits per heavy atom. The van der Waals surface area contributed by atoms with Crippen LogP contribution in [0.4, 0.5) is 0 Å². The van der Waals surface area contributed by atoms with Crippen LogP contribution in [0.3, 0.4) is 0 Å². The van der Waals surface area contributed by atoms with E-state index < -0.39 is 11.2 Å². The lowest BCUT2D eigenvalue weighted by molar-refractivity contribution is 0.167. The summed E-state index contributed by atoms with van der Waals surface area (Å²) in [6.45, 7) is 0.0390. The summed E-state index contributed by atoms with van der Waals surface area (Å²) in [6, 6.07) is 0. The van der Waals surface area contributed by atoms with Crippen molar-refractivity contribution < 1.29 is 9.66 Å². The van der Waals surface area contributed by atoms with Crippen LogP contribution in [0.1, 0.15) is 19.3 Å². The van der Waals surface area contributed by atoms with Gasteiger partial charge in [-0.25, -0.2) is 5.11 Å². The Bertz CT molecular complexity index is 89.6. The second-order valence-electron chi connectivity index (χ2n) is 2.78. The highest BCUT2D eigenvalue weighted by Crippen LogP contribution is 2.21. The predicted molar refractivity (Wildman–Crippen MR) is 40.8 cm³/mol. The molecule has 1 heterocycles. The zero-order chi connectivity index (χ0) is 7.40. The van der Waals surface area contributed by atoms with Crippen molar-refractivity contribution in [2.24, 2.45) is 5.92 Å². The molecule has 10 heavy (non-hydrogen) atoms. The molecule has 0 unspecified atom stereocenters. The molecule has 0 aromatic heterocycles. The van der Waals surface area contributed by atoms with E-state index in [1.165, 1.54) is 0 Å². The lowest BCUT2D eigenvalue weighted by Gasteiger charge is -2.22.